The van der Waals surface area contributed by atoms with Crippen molar-refractivity contribution in [2.24, 2.45) is 0 Å². The van der Waals surface area contributed by atoms with Gasteiger partial charge in [0.1, 0.15) is 0 Å². The van der Waals surface area contributed by atoms with E-state index in [0.717, 1.165) is 24.3 Å². The first kappa shape index (κ1) is 22.3. The third-order valence-electron chi connectivity index (χ3n) is 5.25. The smallest absolute Gasteiger partial charge is 0.251 e. The van der Waals surface area contributed by atoms with Crippen molar-refractivity contribution in [3.8, 4) is 17.2 Å². The third-order valence-corrected chi connectivity index (χ3v) is 5.25. The van der Waals surface area contributed by atoms with Crippen LogP contribution in [0.2, 0.25) is 0 Å². The molecule has 0 aromatic heterocycles. The fourth-order valence-corrected chi connectivity index (χ4v) is 3.66. The van der Waals surface area contributed by atoms with Gasteiger partial charge in [0.25, 0.3) is 5.91 Å². The Hall–Kier alpha value is -3.42. The lowest BCUT2D eigenvalue weighted by atomic mass is 10.1. The molecule has 0 unspecified atom stereocenters. The molecular formula is C23H29N3O5. The minimum Gasteiger partial charge on any atom is -0.493 e. The van der Waals surface area contributed by atoms with E-state index in [4.69, 9.17) is 14.2 Å². The van der Waals surface area contributed by atoms with E-state index < -0.39 is 5.91 Å². The summed E-state index contributed by atoms with van der Waals surface area (Å²) >= 11 is 0. The summed E-state index contributed by atoms with van der Waals surface area (Å²) in [5.74, 6) is 0.463. The molecule has 0 radical (unpaired) electrons. The normalized spacial score (nSPS) is 12.9. The van der Waals surface area contributed by atoms with Crippen molar-refractivity contribution in [3.63, 3.8) is 0 Å². The van der Waals surface area contributed by atoms with E-state index in [9.17, 15) is 9.59 Å². The lowest BCUT2D eigenvalue weighted by Gasteiger charge is -2.21. The van der Waals surface area contributed by atoms with E-state index in [-0.39, 0.29) is 12.5 Å². The van der Waals surface area contributed by atoms with Crippen LogP contribution in [0, 0.1) is 0 Å². The first-order chi connectivity index (χ1) is 15.1. The Morgan fingerprint density at radius 3 is 2.19 bits per heavy atom. The lowest BCUT2D eigenvalue weighted by molar-refractivity contribution is -0.120. The number of para-hydroxylation sites is 1. The van der Waals surface area contributed by atoms with Crippen LogP contribution in [0.25, 0.3) is 0 Å². The molecule has 8 nitrogen and oxygen atoms in total. The number of carbonyl (C=O) groups excluding carboxylic acids is 2. The predicted octanol–water partition coefficient (Wildman–Crippen LogP) is 2.36. The topological polar surface area (TPSA) is 89.1 Å². The van der Waals surface area contributed by atoms with Gasteiger partial charge in [-0.25, -0.2) is 0 Å². The quantitative estimate of drug-likeness (QED) is 0.639. The Morgan fingerprint density at radius 2 is 1.58 bits per heavy atom. The summed E-state index contributed by atoms with van der Waals surface area (Å²) in [7, 11) is 4.45. The van der Waals surface area contributed by atoms with Crippen LogP contribution in [-0.4, -0.2) is 52.8 Å². The highest BCUT2D eigenvalue weighted by molar-refractivity contribution is 5.97. The molecule has 2 N–H and O–H groups in total. The second-order valence-corrected chi connectivity index (χ2v) is 7.20. The molecule has 0 saturated carbocycles. The zero-order valence-electron chi connectivity index (χ0n) is 18.2. The van der Waals surface area contributed by atoms with Crippen molar-refractivity contribution in [3.05, 3.63) is 47.5 Å². The van der Waals surface area contributed by atoms with Gasteiger partial charge < -0.3 is 29.7 Å². The van der Waals surface area contributed by atoms with Gasteiger partial charge in [0, 0.05) is 30.9 Å². The second-order valence-electron chi connectivity index (χ2n) is 7.20. The van der Waals surface area contributed by atoms with Crippen molar-refractivity contribution in [1.29, 1.82) is 0 Å². The summed E-state index contributed by atoms with van der Waals surface area (Å²) in [5.41, 5.74) is 2.53. The van der Waals surface area contributed by atoms with Gasteiger partial charge in [0.2, 0.25) is 11.7 Å². The SMILES string of the molecule is COc1cc(C(=O)NCC(=O)NCc2ccccc2N2CCCC2)cc(OC)c1OC. The average Bonchev–Trinajstić information content (AvgIpc) is 3.35. The third kappa shape index (κ3) is 5.39. The fourth-order valence-electron chi connectivity index (χ4n) is 3.66. The number of amides is 2. The number of rotatable bonds is 9. The maximum atomic E-state index is 12.5. The second kappa shape index (κ2) is 10.6. The van der Waals surface area contributed by atoms with Gasteiger partial charge in [-0.1, -0.05) is 18.2 Å². The summed E-state index contributed by atoms with van der Waals surface area (Å²) in [4.78, 5) is 27.2. The Labute approximate surface area is 182 Å². The average molecular weight is 428 g/mol. The highest BCUT2D eigenvalue weighted by Crippen LogP contribution is 2.38. The van der Waals surface area contributed by atoms with Crippen LogP contribution >= 0.6 is 0 Å². The van der Waals surface area contributed by atoms with Crippen LogP contribution < -0.4 is 29.7 Å². The zero-order chi connectivity index (χ0) is 22.2. The molecule has 2 amide bonds. The van der Waals surface area contributed by atoms with E-state index in [1.807, 2.05) is 18.2 Å². The van der Waals surface area contributed by atoms with Gasteiger partial charge in [0.05, 0.1) is 27.9 Å². The molecular weight excluding hydrogens is 398 g/mol. The van der Waals surface area contributed by atoms with Gasteiger partial charge in [-0.3, -0.25) is 9.59 Å². The fraction of sp³-hybridized carbons (Fsp3) is 0.391. The first-order valence-corrected chi connectivity index (χ1v) is 10.2. The number of benzene rings is 2. The molecule has 1 saturated heterocycles. The molecule has 1 heterocycles. The molecule has 31 heavy (non-hydrogen) atoms. The van der Waals surface area contributed by atoms with E-state index in [1.165, 1.54) is 34.2 Å². The summed E-state index contributed by atoms with van der Waals surface area (Å²) in [6, 6.07) is 11.2. The number of hydrogen-bond acceptors (Lipinski definition) is 6. The van der Waals surface area contributed by atoms with E-state index >= 15 is 0 Å². The highest BCUT2D eigenvalue weighted by atomic mass is 16.5. The van der Waals surface area contributed by atoms with Crippen molar-refractivity contribution in [2.45, 2.75) is 19.4 Å². The maximum absolute atomic E-state index is 12.5. The summed E-state index contributed by atoms with van der Waals surface area (Å²) in [6.07, 6.45) is 2.38. The van der Waals surface area contributed by atoms with Gasteiger partial charge >= 0.3 is 0 Å². The Kier molecular flexibility index (Phi) is 7.59. The van der Waals surface area contributed by atoms with E-state index in [0.29, 0.717) is 29.4 Å². The summed E-state index contributed by atoms with van der Waals surface area (Å²) in [6.45, 7) is 2.35. The number of anilines is 1. The maximum Gasteiger partial charge on any atom is 0.251 e. The molecule has 1 fully saturated rings. The van der Waals surface area contributed by atoms with E-state index in [2.05, 4.69) is 21.6 Å². The molecule has 1 aliphatic rings. The molecule has 2 aromatic rings. The monoisotopic (exact) mass is 427 g/mol. The molecule has 3 rings (SSSR count). The number of methoxy groups -OCH3 is 3. The number of hydrogen-bond donors (Lipinski definition) is 2. The highest BCUT2D eigenvalue weighted by Gasteiger charge is 2.18. The van der Waals surface area contributed by atoms with Crippen LogP contribution in [0.15, 0.2) is 36.4 Å². The predicted molar refractivity (Wildman–Crippen MR) is 118 cm³/mol. The number of carbonyl (C=O) groups is 2. The minimum absolute atomic E-state index is 0.138. The van der Waals surface area contributed by atoms with Gasteiger partial charge in [0.15, 0.2) is 11.5 Å². The van der Waals surface area contributed by atoms with Crippen LogP contribution in [-0.2, 0) is 11.3 Å². The van der Waals surface area contributed by atoms with Gasteiger partial charge in [-0.05, 0) is 36.6 Å². The standard InChI is InChI=1S/C23H29N3O5/c1-29-19-12-17(13-20(30-2)22(19)31-3)23(28)25-15-21(27)24-14-16-8-4-5-9-18(16)26-10-6-7-11-26/h4-5,8-9,12-13H,6-7,10-11,14-15H2,1-3H3,(H,24,27)(H,25,28). The van der Waals surface area contributed by atoms with E-state index in [1.54, 1.807) is 12.1 Å². The first-order valence-electron chi connectivity index (χ1n) is 10.2. The summed E-state index contributed by atoms with van der Waals surface area (Å²) in [5, 5.41) is 5.51. The zero-order valence-corrected chi connectivity index (χ0v) is 18.2. The van der Waals surface area contributed by atoms with Crippen molar-refractivity contribution < 1.29 is 23.8 Å². The molecule has 0 aliphatic carbocycles. The molecule has 2 aromatic carbocycles. The molecule has 166 valence electrons. The lowest BCUT2D eigenvalue weighted by Crippen LogP contribution is -2.36. The number of nitrogens with zero attached hydrogens (tertiary/aromatic N) is 1. The largest absolute Gasteiger partial charge is 0.493 e. The molecule has 0 atom stereocenters. The Balaban J connectivity index is 1.57. The van der Waals surface area contributed by atoms with Crippen LogP contribution in [0.5, 0.6) is 17.2 Å². The Morgan fingerprint density at radius 1 is 0.935 bits per heavy atom. The molecule has 0 spiro atoms. The summed E-state index contributed by atoms with van der Waals surface area (Å²) < 4.78 is 15.8. The number of ether oxygens (including phenoxy) is 3. The molecule has 8 heteroatoms. The van der Waals surface area contributed by atoms with Gasteiger partial charge in [-0.2, -0.15) is 0 Å². The van der Waals surface area contributed by atoms with Crippen LogP contribution in [0.3, 0.4) is 0 Å². The van der Waals surface area contributed by atoms with Crippen molar-refractivity contribution in [2.75, 3.05) is 45.9 Å². The number of nitrogens with one attached hydrogen (secondary N) is 2. The molecule has 0 bridgehead atoms. The van der Waals surface area contributed by atoms with Crippen LogP contribution in [0.4, 0.5) is 5.69 Å². The Bertz CT molecular complexity index is 900. The molecule has 1 aliphatic heterocycles. The minimum atomic E-state index is -0.410. The van der Waals surface area contributed by atoms with Crippen molar-refractivity contribution in [1.82, 2.24) is 10.6 Å². The van der Waals surface area contributed by atoms with Gasteiger partial charge in [-0.15, -0.1) is 0 Å². The van der Waals surface area contributed by atoms with Crippen molar-refractivity contribution >= 4 is 17.5 Å². The van der Waals surface area contributed by atoms with Crippen LogP contribution in [0.1, 0.15) is 28.8 Å².